The van der Waals surface area contributed by atoms with E-state index in [4.69, 9.17) is 4.74 Å². The van der Waals surface area contributed by atoms with Gasteiger partial charge in [-0.15, -0.1) is 0 Å². The zero-order valence-corrected chi connectivity index (χ0v) is 16.8. The predicted molar refractivity (Wildman–Crippen MR) is 102 cm³/mol. The first kappa shape index (κ1) is 21.1. The van der Waals surface area contributed by atoms with Gasteiger partial charge in [-0.3, -0.25) is 9.48 Å². The van der Waals surface area contributed by atoms with Crippen molar-refractivity contribution in [3.63, 3.8) is 0 Å². The van der Waals surface area contributed by atoms with Crippen LogP contribution in [-0.2, 0) is 19.4 Å². The molecule has 9 heteroatoms. The third kappa shape index (κ3) is 5.40. The number of nitriles is 1. The summed E-state index contributed by atoms with van der Waals surface area (Å²) in [6, 6.07) is 1.73. The van der Waals surface area contributed by atoms with Gasteiger partial charge >= 0.3 is 0 Å². The lowest BCUT2D eigenvalue weighted by Crippen LogP contribution is -2.26. The van der Waals surface area contributed by atoms with Crippen molar-refractivity contribution in [3.05, 3.63) is 22.5 Å². The molecule has 1 aliphatic heterocycles. The number of aryl methyl sites for hydroxylation is 1. The van der Waals surface area contributed by atoms with Crippen molar-refractivity contribution in [1.29, 1.82) is 5.26 Å². The molecule has 0 bridgehead atoms. The van der Waals surface area contributed by atoms with Crippen molar-refractivity contribution < 1.29 is 17.9 Å². The van der Waals surface area contributed by atoms with Crippen LogP contribution >= 0.6 is 0 Å². The molecule has 0 unspecified atom stereocenters. The average Bonchev–Trinajstić information content (AvgIpc) is 3.11. The molecule has 1 aromatic heterocycles. The number of hydrogen-bond donors (Lipinski definition) is 1. The van der Waals surface area contributed by atoms with Gasteiger partial charge < -0.3 is 10.1 Å². The highest BCUT2D eigenvalue weighted by Gasteiger charge is 2.31. The number of carbonyl (C=O) groups is 1. The highest BCUT2D eigenvalue weighted by molar-refractivity contribution is 7.91. The number of hydrogen-bond acceptors (Lipinski definition) is 6. The Hall–Kier alpha value is -2.18. The first-order chi connectivity index (χ1) is 12.8. The Kier molecular flexibility index (Phi) is 7.16. The maximum atomic E-state index is 12.2. The number of ether oxygens (including phenoxy) is 1. The van der Waals surface area contributed by atoms with Crippen LogP contribution in [0.15, 0.2) is 5.57 Å². The number of aromatic nitrogens is 2. The van der Waals surface area contributed by atoms with Gasteiger partial charge in [0.05, 0.1) is 23.2 Å². The second-order valence-corrected chi connectivity index (χ2v) is 8.79. The molecule has 1 saturated heterocycles. The summed E-state index contributed by atoms with van der Waals surface area (Å²) in [6.07, 6.45) is 2.72. The van der Waals surface area contributed by atoms with Gasteiger partial charge in [0.15, 0.2) is 9.84 Å². The Morgan fingerprint density at radius 3 is 2.81 bits per heavy atom. The van der Waals surface area contributed by atoms with E-state index < -0.39 is 15.7 Å². The van der Waals surface area contributed by atoms with Crippen LogP contribution in [0, 0.1) is 25.2 Å². The van der Waals surface area contributed by atoms with Crippen LogP contribution < -0.4 is 5.32 Å². The summed E-state index contributed by atoms with van der Waals surface area (Å²) >= 11 is 0. The van der Waals surface area contributed by atoms with Gasteiger partial charge in [-0.2, -0.15) is 10.4 Å². The van der Waals surface area contributed by atoms with Crippen LogP contribution in [0.1, 0.15) is 42.8 Å². The molecule has 0 aliphatic carbocycles. The summed E-state index contributed by atoms with van der Waals surface area (Å²) in [6.45, 7) is 7.12. The maximum Gasteiger partial charge on any atom is 0.261 e. The standard InChI is InChI=1S/C18H26N4O4S/c1-4-26-8-5-7-20-18(23)15(11-19)10-17-13(2)21-22(14(17)3)16-6-9-27(24,25)12-16/h10,16H,4-9,12H2,1-3H3,(H,20,23)/b15-10+/t16-/m1/s1. The Balaban J connectivity index is 2.14. The molecule has 2 heterocycles. The fraction of sp³-hybridized carbons (Fsp3) is 0.611. The van der Waals surface area contributed by atoms with Crippen LogP contribution in [0.4, 0.5) is 0 Å². The molecule has 27 heavy (non-hydrogen) atoms. The van der Waals surface area contributed by atoms with Gasteiger partial charge in [0.1, 0.15) is 11.6 Å². The van der Waals surface area contributed by atoms with E-state index >= 15 is 0 Å². The lowest BCUT2D eigenvalue weighted by atomic mass is 10.1. The van der Waals surface area contributed by atoms with Crippen molar-refractivity contribution in [2.45, 2.75) is 39.7 Å². The molecule has 0 spiro atoms. The zero-order valence-electron chi connectivity index (χ0n) is 16.0. The molecule has 148 valence electrons. The third-order valence-corrected chi connectivity index (χ3v) is 6.29. The summed E-state index contributed by atoms with van der Waals surface area (Å²) in [7, 11) is -3.03. The minimum Gasteiger partial charge on any atom is -0.382 e. The van der Waals surface area contributed by atoms with Crippen LogP contribution in [-0.4, -0.2) is 55.4 Å². The number of nitrogens with zero attached hydrogens (tertiary/aromatic N) is 3. The summed E-state index contributed by atoms with van der Waals surface area (Å²) < 4.78 is 30.4. The number of nitrogens with one attached hydrogen (secondary N) is 1. The third-order valence-electron chi connectivity index (χ3n) is 4.54. The lowest BCUT2D eigenvalue weighted by Gasteiger charge is -2.11. The van der Waals surface area contributed by atoms with E-state index in [0.29, 0.717) is 43.9 Å². The van der Waals surface area contributed by atoms with Crippen LogP contribution in [0.2, 0.25) is 0 Å². The van der Waals surface area contributed by atoms with Crippen LogP contribution in [0.25, 0.3) is 6.08 Å². The molecule has 1 fully saturated rings. The molecule has 1 atom stereocenters. The van der Waals surface area contributed by atoms with Gasteiger partial charge in [0, 0.05) is 31.0 Å². The molecule has 1 aliphatic rings. The Morgan fingerprint density at radius 1 is 1.48 bits per heavy atom. The summed E-state index contributed by atoms with van der Waals surface area (Å²) in [5.41, 5.74) is 2.09. The van der Waals surface area contributed by atoms with Crippen molar-refractivity contribution >= 4 is 21.8 Å². The molecule has 0 radical (unpaired) electrons. The molecule has 1 amide bonds. The number of sulfone groups is 1. The summed E-state index contributed by atoms with van der Waals surface area (Å²) in [4.78, 5) is 12.2. The van der Waals surface area contributed by atoms with Gasteiger partial charge in [0.2, 0.25) is 0 Å². The summed E-state index contributed by atoms with van der Waals surface area (Å²) in [5, 5.41) is 16.5. The smallest absolute Gasteiger partial charge is 0.261 e. The SMILES string of the molecule is CCOCCCNC(=O)/C(C#N)=C/c1c(C)nn([C@@H]2CCS(=O)(=O)C2)c1C. The quantitative estimate of drug-likeness (QED) is 0.404. The summed E-state index contributed by atoms with van der Waals surface area (Å²) in [5.74, 6) is -0.206. The van der Waals surface area contributed by atoms with E-state index in [0.717, 1.165) is 5.69 Å². The second kappa shape index (κ2) is 9.15. The van der Waals surface area contributed by atoms with Gasteiger partial charge in [0.25, 0.3) is 5.91 Å². The van der Waals surface area contributed by atoms with E-state index in [1.54, 1.807) is 11.6 Å². The van der Waals surface area contributed by atoms with Crippen molar-refractivity contribution in [3.8, 4) is 6.07 Å². The van der Waals surface area contributed by atoms with Crippen molar-refractivity contribution in [2.24, 2.45) is 0 Å². The van der Waals surface area contributed by atoms with E-state index in [-0.39, 0.29) is 23.1 Å². The van der Waals surface area contributed by atoms with Crippen molar-refractivity contribution in [2.75, 3.05) is 31.3 Å². The highest BCUT2D eigenvalue weighted by Crippen LogP contribution is 2.27. The fourth-order valence-corrected chi connectivity index (χ4v) is 4.81. The van der Waals surface area contributed by atoms with E-state index in [1.807, 2.05) is 19.9 Å². The molecule has 8 nitrogen and oxygen atoms in total. The Morgan fingerprint density at radius 2 is 2.22 bits per heavy atom. The predicted octanol–water partition coefficient (Wildman–Crippen LogP) is 1.31. The first-order valence-electron chi connectivity index (χ1n) is 9.03. The molecule has 0 aromatic carbocycles. The normalized spacial score (nSPS) is 19.0. The van der Waals surface area contributed by atoms with E-state index in [2.05, 4.69) is 10.4 Å². The largest absolute Gasteiger partial charge is 0.382 e. The number of rotatable bonds is 8. The molecule has 1 N–H and O–H groups in total. The molecule has 1 aromatic rings. The molecular weight excluding hydrogens is 368 g/mol. The maximum absolute atomic E-state index is 12.2. The number of amides is 1. The van der Waals surface area contributed by atoms with Crippen LogP contribution in [0.3, 0.4) is 0 Å². The van der Waals surface area contributed by atoms with Gasteiger partial charge in [-0.05, 0) is 39.7 Å². The van der Waals surface area contributed by atoms with Gasteiger partial charge in [-0.1, -0.05) is 0 Å². The highest BCUT2D eigenvalue weighted by atomic mass is 32.2. The topological polar surface area (TPSA) is 114 Å². The van der Waals surface area contributed by atoms with Crippen molar-refractivity contribution in [1.82, 2.24) is 15.1 Å². The van der Waals surface area contributed by atoms with E-state index in [9.17, 15) is 18.5 Å². The average molecular weight is 394 g/mol. The number of carbonyl (C=O) groups excluding carboxylic acids is 1. The fourth-order valence-electron chi connectivity index (χ4n) is 3.12. The Bertz CT molecular complexity index is 865. The second-order valence-electron chi connectivity index (χ2n) is 6.56. The molecule has 0 saturated carbocycles. The minimum absolute atomic E-state index is 0.00352. The molecular formula is C18H26N4O4S. The van der Waals surface area contributed by atoms with Crippen LogP contribution in [0.5, 0.6) is 0 Å². The van der Waals surface area contributed by atoms with Gasteiger partial charge in [-0.25, -0.2) is 8.42 Å². The lowest BCUT2D eigenvalue weighted by molar-refractivity contribution is -0.117. The monoisotopic (exact) mass is 394 g/mol. The minimum atomic E-state index is -3.03. The molecule has 2 rings (SSSR count). The first-order valence-corrected chi connectivity index (χ1v) is 10.8. The Labute approximate surface area is 160 Å². The van der Waals surface area contributed by atoms with E-state index in [1.165, 1.54) is 6.08 Å². The zero-order chi connectivity index (χ0) is 20.0.